The van der Waals surface area contributed by atoms with Crippen molar-refractivity contribution < 1.29 is 9.59 Å². The molecule has 0 fully saturated rings. The average Bonchev–Trinajstić information content (AvgIpc) is 3.47. The van der Waals surface area contributed by atoms with Gasteiger partial charge in [0.1, 0.15) is 5.69 Å². The molecule has 3 heterocycles. The Morgan fingerprint density at radius 3 is 2.58 bits per heavy atom. The van der Waals surface area contributed by atoms with Crippen LogP contribution in [0.4, 0.5) is 10.8 Å². The molecule has 0 aliphatic heterocycles. The smallest absolute Gasteiger partial charge is 0.274 e. The van der Waals surface area contributed by atoms with Crippen LogP contribution >= 0.6 is 11.3 Å². The number of amides is 2. The second-order valence-corrected chi connectivity index (χ2v) is 8.27. The van der Waals surface area contributed by atoms with Crippen molar-refractivity contribution in [3.63, 3.8) is 0 Å². The number of hydrogen-bond donors (Lipinski definition) is 1. The standard InChI is InChI=1S/C25H23N5O2S/c1-18(31)29(2)22-9-6-19(7-10-22)5-8-21-17-33-25(27-21)28-24(32)23-4-3-15-30(23)16-20-11-13-26-14-12-20/h3-15,17H,16H2,1-2H3,(H,27,28,32)/b8-5+. The molecule has 4 rings (SSSR count). The fourth-order valence-corrected chi connectivity index (χ4v) is 3.87. The van der Waals surface area contributed by atoms with Gasteiger partial charge in [0.2, 0.25) is 5.91 Å². The number of thiazole rings is 1. The summed E-state index contributed by atoms with van der Waals surface area (Å²) in [5.74, 6) is -0.218. The molecule has 1 aromatic carbocycles. The van der Waals surface area contributed by atoms with Crippen LogP contribution in [0.25, 0.3) is 12.2 Å². The van der Waals surface area contributed by atoms with Gasteiger partial charge < -0.3 is 9.47 Å². The van der Waals surface area contributed by atoms with Crippen LogP contribution in [0.1, 0.15) is 34.2 Å². The van der Waals surface area contributed by atoms with Crippen molar-refractivity contribution in [2.45, 2.75) is 13.5 Å². The van der Waals surface area contributed by atoms with Crippen molar-refractivity contribution >= 4 is 46.1 Å². The van der Waals surface area contributed by atoms with Crippen molar-refractivity contribution in [2.24, 2.45) is 0 Å². The normalized spacial score (nSPS) is 11.0. The summed E-state index contributed by atoms with van der Waals surface area (Å²) in [6.45, 7) is 2.12. The van der Waals surface area contributed by atoms with E-state index in [9.17, 15) is 9.59 Å². The largest absolute Gasteiger partial charge is 0.339 e. The molecule has 4 aromatic rings. The Kier molecular flexibility index (Phi) is 6.75. The van der Waals surface area contributed by atoms with E-state index < -0.39 is 0 Å². The number of rotatable bonds is 7. The molecule has 33 heavy (non-hydrogen) atoms. The number of anilines is 2. The van der Waals surface area contributed by atoms with Crippen LogP contribution in [0, 0.1) is 0 Å². The van der Waals surface area contributed by atoms with E-state index in [1.807, 2.05) is 70.8 Å². The summed E-state index contributed by atoms with van der Waals surface area (Å²) < 4.78 is 1.90. The summed E-state index contributed by atoms with van der Waals surface area (Å²) in [6.07, 6.45) is 9.19. The van der Waals surface area contributed by atoms with E-state index >= 15 is 0 Å². The summed E-state index contributed by atoms with van der Waals surface area (Å²) in [5, 5.41) is 5.31. The SMILES string of the molecule is CC(=O)N(C)c1ccc(/C=C/c2csc(NC(=O)c3cccn3Cc3ccncc3)n2)cc1. The van der Waals surface area contributed by atoms with Gasteiger partial charge in [-0.25, -0.2) is 4.98 Å². The minimum absolute atomic E-state index is 0.0139. The Balaban J connectivity index is 1.39. The van der Waals surface area contributed by atoms with Gasteiger partial charge in [0.05, 0.1) is 5.69 Å². The third-order valence-corrected chi connectivity index (χ3v) is 5.88. The lowest BCUT2D eigenvalue weighted by Crippen LogP contribution is -2.22. The zero-order chi connectivity index (χ0) is 23.2. The van der Waals surface area contributed by atoms with Crippen LogP contribution in [-0.2, 0) is 11.3 Å². The molecule has 0 radical (unpaired) electrons. The number of benzene rings is 1. The van der Waals surface area contributed by atoms with E-state index in [1.165, 1.54) is 18.3 Å². The molecule has 0 atom stereocenters. The maximum Gasteiger partial charge on any atom is 0.274 e. The van der Waals surface area contributed by atoms with Gasteiger partial charge in [0.25, 0.3) is 5.91 Å². The molecule has 166 valence electrons. The topological polar surface area (TPSA) is 80.1 Å². The van der Waals surface area contributed by atoms with E-state index in [0.717, 1.165) is 22.5 Å². The summed E-state index contributed by atoms with van der Waals surface area (Å²) in [6, 6.07) is 15.2. The lowest BCUT2D eigenvalue weighted by Gasteiger charge is -2.14. The fraction of sp³-hybridized carbons (Fsp3) is 0.120. The summed E-state index contributed by atoms with van der Waals surface area (Å²) in [4.78, 5) is 34.4. The number of hydrogen-bond acceptors (Lipinski definition) is 5. The lowest BCUT2D eigenvalue weighted by atomic mass is 10.2. The van der Waals surface area contributed by atoms with Gasteiger partial charge in [0.15, 0.2) is 5.13 Å². The third-order valence-electron chi connectivity index (χ3n) is 5.11. The van der Waals surface area contributed by atoms with E-state index in [0.29, 0.717) is 17.4 Å². The minimum Gasteiger partial charge on any atom is -0.339 e. The highest BCUT2D eigenvalue weighted by Crippen LogP contribution is 2.20. The highest BCUT2D eigenvalue weighted by Gasteiger charge is 2.13. The number of carbonyl (C=O) groups is 2. The molecule has 0 aliphatic rings. The number of carbonyl (C=O) groups excluding carboxylic acids is 2. The second-order valence-electron chi connectivity index (χ2n) is 7.41. The molecule has 0 unspecified atom stereocenters. The van der Waals surface area contributed by atoms with Crippen molar-refractivity contribution in [3.8, 4) is 0 Å². The Hall–Kier alpha value is -4.04. The molecular weight excluding hydrogens is 434 g/mol. The quantitative estimate of drug-likeness (QED) is 0.433. The Labute approximate surface area is 196 Å². The van der Waals surface area contributed by atoms with Crippen molar-refractivity contribution in [3.05, 3.63) is 95.0 Å². The molecular formula is C25H23N5O2S. The first-order chi connectivity index (χ1) is 16.0. The molecule has 0 saturated heterocycles. The average molecular weight is 458 g/mol. The molecule has 7 nitrogen and oxygen atoms in total. The summed E-state index contributed by atoms with van der Waals surface area (Å²) >= 11 is 1.37. The molecule has 8 heteroatoms. The minimum atomic E-state index is -0.205. The molecule has 1 N–H and O–H groups in total. The van der Waals surface area contributed by atoms with Crippen LogP contribution < -0.4 is 10.2 Å². The zero-order valence-electron chi connectivity index (χ0n) is 18.3. The molecule has 3 aromatic heterocycles. The van der Waals surface area contributed by atoms with Crippen molar-refractivity contribution in [2.75, 3.05) is 17.3 Å². The Morgan fingerprint density at radius 1 is 1.09 bits per heavy atom. The van der Waals surface area contributed by atoms with E-state index in [-0.39, 0.29) is 11.8 Å². The van der Waals surface area contributed by atoms with Crippen LogP contribution in [0.3, 0.4) is 0 Å². The number of nitrogens with one attached hydrogen (secondary N) is 1. The van der Waals surface area contributed by atoms with Gasteiger partial charge in [0, 0.05) is 50.2 Å². The first kappa shape index (κ1) is 22.2. The molecule has 0 spiro atoms. The van der Waals surface area contributed by atoms with Gasteiger partial charge in [-0.05, 0) is 53.6 Å². The van der Waals surface area contributed by atoms with Gasteiger partial charge in [-0.15, -0.1) is 11.3 Å². The van der Waals surface area contributed by atoms with Crippen LogP contribution in [-0.4, -0.2) is 33.4 Å². The third kappa shape index (κ3) is 5.61. The van der Waals surface area contributed by atoms with Gasteiger partial charge in [-0.1, -0.05) is 18.2 Å². The highest BCUT2D eigenvalue weighted by molar-refractivity contribution is 7.14. The lowest BCUT2D eigenvalue weighted by molar-refractivity contribution is -0.116. The first-order valence-electron chi connectivity index (χ1n) is 10.3. The maximum absolute atomic E-state index is 12.8. The first-order valence-corrected chi connectivity index (χ1v) is 11.2. The predicted octanol–water partition coefficient (Wildman–Crippen LogP) is 4.79. The van der Waals surface area contributed by atoms with E-state index in [4.69, 9.17) is 0 Å². The van der Waals surface area contributed by atoms with Crippen molar-refractivity contribution in [1.29, 1.82) is 0 Å². The van der Waals surface area contributed by atoms with Crippen LogP contribution in [0.15, 0.2) is 72.5 Å². The Morgan fingerprint density at radius 2 is 1.85 bits per heavy atom. The van der Waals surface area contributed by atoms with Gasteiger partial charge >= 0.3 is 0 Å². The summed E-state index contributed by atoms with van der Waals surface area (Å²) in [5.41, 5.74) is 4.22. The zero-order valence-corrected chi connectivity index (χ0v) is 19.1. The molecule has 0 bridgehead atoms. The number of aromatic nitrogens is 3. The van der Waals surface area contributed by atoms with E-state index in [1.54, 1.807) is 30.4 Å². The second kappa shape index (κ2) is 10.1. The Bertz CT molecular complexity index is 1280. The van der Waals surface area contributed by atoms with Crippen LogP contribution in [0.2, 0.25) is 0 Å². The van der Waals surface area contributed by atoms with Gasteiger partial charge in [-0.3, -0.25) is 19.9 Å². The van der Waals surface area contributed by atoms with Crippen LogP contribution in [0.5, 0.6) is 0 Å². The molecule has 0 saturated carbocycles. The monoisotopic (exact) mass is 457 g/mol. The highest BCUT2D eigenvalue weighted by atomic mass is 32.1. The van der Waals surface area contributed by atoms with E-state index in [2.05, 4.69) is 15.3 Å². The number of pyridine rings is 1. The molecule has 2 amide bonds. The maximum atomic E-state index is 12.8. The predicted molar refractivity (Wildman–Crippen MR) is 132 cm³/mol. The molecule has 0 aliphatic carbocycles. The van der Waals surface area contributed by atoms with Gasteiger partial charge in [-0.2, -0.15) is 0 Å². The summed E-state index contributed by atoms with van der Waals surface area (Å²) in [7, 11) is 1.74. The fourth-order valence-electron chi connectivity index (χ4n) is 3.20. The number of nitrogens with zero attached hydrogens (tertiary/aromatic N) is 4. The van der Waals surface area contributed by atoms with Crippen molar-refractivity contribution in [1.82, 2.24) is 14.5 Å².